The number of nitrogens with zero attached hydrogens (tertiary/aromatic N) is 1. The number of alkyl carbamates (subject to hydrolysis) is 1. The van der Waals surface area contributed by atoms with E-state index in [0.717, 1.165) is 0 Å². The number of carboxylic acids is 1. The lowest BCUT2D eigenvalue weighted by molar-refractivity contribution is -0.147. The fourth-order valence-electron chi connectivity index (χ4n) is 4.74. The van der Waals surface area contributed by atoms with Gasteiger partial charge in [0.1, 0.15) is 6.61 Å². The Morgan fingerprint density at radius 3 is 2.38 bits per heavy atom. The van der Waals surface area contributed by atoms with Gasteiger partial charge in [-0.25, -0.2) is 4.79 Å². The molecule has 2 unspecified atom stereocenters. The van der Waals surface area contributed by atoms with E-state index in [4.69, 9.17) is 4.74 Å². The maximum absolute atomic E-state index is 12.4. The molecule has 0 bridgehead atoms. The van der Waals surface area contributed by atoms with Crippen LogP contribution in [0.5, 0.6) is 0 Å². The van der Waals surface area contributed by atoms with Crippen molar-refractivity contribution in [1.82, 2.24) is 10.2 Å². The van der Waals surface area contributed by atoms with Gasteiger partial charge in [0.15, 0.2) is 0 Å². The Bertz CT molecular complexity index is 1010. The summed E-state index contributed by atoms with van der Waals surface area (Å²) in [4.78, 5) is 37.6. The van der Waals surface area contributed by atoms with Crippen LogP contribution >= 0.6 is 11.8 Å². The smallest absolute Gasteiger partial charge is 0.407 e. The quantitative estimate of drug-likeness (QED) is 0.556. The van der Waals surface area contributed by atoms with E-state index in [1.165, 1.54) is 34.0 Å². The summed E-state index contributed by atoms with van der Waals surface area (Å²) in [5.74, 6) is -0.454. The molecule has 1 saturated heterocycles. The summed E-state index contributed by atoms with van der Waals surface area (Å²) in [5, 5.41) is 12.1. The predicted molar refractivity (Wildman–Crippen MR) is 132 cm³/mol. The van der Waals surface area contributed by atoms with Crippen LogP contribution < -0.4 is 5.32 Å². The first-order valence-corrected chi connectivity index (χ1v) is 12.8. The Kier molecular flexibility index (Phi) is 7.77. The van der Waals surface area contributed by atoms with Gasteiger partial charge in [0.25, 0.3) is 0 Å². The number of piperidine rings is 1. The molecule has 2 amide bonds. The molecule has 2 aromatic rings. The van der Waals surface area contributed by atoms with Gasteiger partial charge < -0.3 is 20.1 Å². The van der Waals surface area contributed by atoms with Crippen molar-refractivity contribution >= 4 is 29.7 Å². The van der Waals surface area contributed by atoms with E-state index >= 15 is 0 Å². The molecule has 180 valence electrons. The van der Waals surface area contributed by atoms with E-state index in [9.17, 15) is 19.5 Å². The van der Waals surface area contributed by atoms with Gasteiger partial charge >= 0.3 is 12.1 Å². The van der Waals surface area contributed by atoms with Gasteiger partial charge in [0.05, 0.1) is 11.7 Å². The van der Waals surface area contributed by atoms with E-state index in [2.05, 4.69) is 29.6 Å². The molecule has 1 aliphatic heterocycles. The number of thioether (sulfide) groups is 1. The minimum absolute atomic E-state index is 0.0204. The summed E-state index contributed by atoms with van der Waals surface area (Å²) in [6, 6.07) is 16.4. The maximum atomic E-state index is 12.4. The molecule has 2 aromatic carbocycles. The highest BCUT2D eigenvalue weighted by Crippen LogP contribution is 2.44. The van der Waals surface area contributed by atoms with E-state index in [0.29, 0.717) is 25.3 Å². The van der Waals surface area contributed by atoms with Crippen LogP contribution in [0.25, 0.3) is 11.1 Å². The second-order valence-electron chi connectivity index (χ2n) is 8.86. The molecule has 34 heavy (non-hydrogen) atoms. The molecule has 1 aliphatic carbocycles. The number of aliphatic carboxylic acids is 1. The van der Waals surface area contributed by atoms with E-state index < -0.39 is 18.0 Å². The molecule has 2 aliphatic rings. The number of carboxylic acid groups (broad SMARTS) is 1. The Hall–Kier alpha value is -3.00. The molecule has 0 saturated carbocycles. The second-order valence-corrected chi connectivity index (χ2v) is 9.96. The molecular weight excluding hydrogens is 452 g/mol. The molecule has 0 spiro atoms. The lowest BCUT2D eigenvalue weighted by Crippen LogP contribution is -2.46. The van der Waals surface area contributed by atoms with Gasteiger partial charge in [-0.1, -0.05) is 55.5 Å². The lowest BCUT2D eigenvalue weighted by Gasteiger charge is -2.34. The summed E-state index contributed by atoms with van der Waals surface area (Å²) in [7, 11) is 0. The van der Waals surface area contributed by atoms with Crippen molar-refractivity contribution in [3.8, 4) is 11.1 Å². The number of carbonyl (C=O) groups excluding carboxylic acids is 2. The zero-order valence-corrected chi connectivity index (χ0v) is 20.1. The van der Waals surface area contributed by atoms with Crippen molar-refractivity contribution in [2.45, 2.75) is 19.3 Å². The summed E-state index contributed by atoms with van der Waals surface area (Å²) < 4.78 is 5.52. The largest absolute Gasteiger partial charge is 0.481 e. The van der Waals surface area contributed by atoms with Crippen LogP contribution in [0.4, 0.5) is 4.79 Å². The van der Waals surface area contributed by atoms with Gasteiger partial charge in [-0.3, -0.25) is 9.59 Å². The Balaban J connectivity index is 1.17. The SMILES string of the molecule is CC1CCN(C(=O)CSCCNC(=O)OCC2c3ccccc3-c3ccccc32)CC1C(=O)O. The normalized spacial score (nSPS) is 19.3. The Morgan fingerprint density at radius 2 is 1.74 bits per heavy atom. The topological polar surface area (TPSA) is 95.9 Å². The average molecular weight is 483 g/mol. The third-order valence-corrected chi connectivity index (χ3v) is 7.66. The highest BCUT2D eigenvalue weighted by Gasteiger charge is 2.33. The number of amides is 2. The van der Waals surface area contributed by atoms with Crippen molar-refractivity contribution in [2.75, 3.05) is 37.7 Å². The first-order valence-electron chi connectivity index (χ1n) is 11.6. The molecule has 1 heterocycles. The minimum atomic E-state index is -0.843. The first kappa shape index (κ1) is 24.1. The van der Waals surface area contributed by atoms with E-state index in [1.54, 1.807) is 4.90 Å². The number of nitrogens with one attached hydrogen (secondary N) is 1. The van der Waals surface area contributed by atoms with Crippen LogP contribution in [0.15, 0.2) is 48.5 Å². The number of ether oxygens (including phenoxy) is 1. The standard InChI is InChI=1S/C26H30N2O5S/c1-17-10-12-28(14-22(17)25(30)31)24(29)16-34-13-11-27-26(32)33-15-23-20-8-4-2-6-18(20)19-7-3-5-9-21(19)23/h2-9,17,22-23H,10-16H2,1H3,(H,27,32)(H,30,31). The maximum Gasteiger partial charge on any atom is 0.407 e. The van der Waals surface area contributed by atoms with Gasteiger partial charge in [0, 0.05) is 31.3 Å². The summed E-state index contributed by atoms with van der Waals surface area (Å²) in [6.07, 6.45) is 0.236. The Morgan fingerprint density at radius 1 is 1.09 bits per heavy atom. The van der Waals surface area contributed by atoms with Gasteiger partial charge in [-0.2, -0.15) is 11.8 Å². The monoisotopic (exact) mass is 482 g/mol. The van der Waals surface area contributed by atoms with Crippen LogP contribution in [-0.4, -0.2) is 65.7 Å². The molecule has 4 rings (SSSR count). The Labute approximate surface area is 203 Å². The third-order valence-electron chi connectivity index (χ3n) is 6.71. The summed E-state index contributed by atoms with van der Waals surface area (Å²) >= 11 is 1.42. The van der Waals surface area contributed by atoms with Crippen LogP contribution in [0.2, 0.25) is 0 Å². The molecule has 8 heteroatoms. The second kappa shape index (κ2) is 11.0. The van der Waals surface area contributed by atoms with E-state index in [-0.39, 0.29) is 36.6 Å². The zero-order chi connectivity index (χ0) is 24.1. The van der Waals surface area contributed by atoms with E-state index in [1.807, 2.05) is 31.2 Å². The van der Waals surface area contributed by atoms with Crippen molar-refractivity contribution in [3.05, 3.63) is 59.7 Å². The number of likely N-dealkylation sites (tertiary alicyclic amines) is 1. The average Bonchev–Trinajstić information content (AvgIpc) is 3.16. The minimum Gasteiger partial charge on any atom is -0.481 e. The first-order chi connectivity index (χ1) is 16.5. The van der Waals surface area contributed by atoms with Crippen LogP contribution in [0, 0.1) is 11.8 Å². The van der Waals surface area contributed by atoms with Gasteiger partial charge in [-0.05, 0) is 34.6 Å². The molecule has 2 N–H and O–H groups in total. The zero-order valence-electron chi connectivity index (χ0n) is 19.2. The van der Waals surface area contributed by atoms with Crippen molar-refractivity contribution in [1.29, 1.82) is 0 Å². The molecule has 1 fully saturated rings. The molecule has 7 nitrogen and oxygen atoms in total. The predicted octanol–water partition coefficient (Wildman–Crippen LogP) is 3.83. The molecule has 0 aromatic heterocycles. The molecule has 2 atom stereocenters. The summed E-state index contributed by atoms with van der Waals surface area (Å²) in [5.41, 5.74) is 4.71. The fourth-order valence-corrected chi connectivity index (χ4v) is 5.49. The number of hydrogen-bond acceptors (Lipinski definition) is 5. The summed E-state index contributed by atoms with van der Waals surface area (Å²) in [6.45, 7) is 3.45. The van der Waals surface area contributed by atoms with Crippen molar-refractivity contribution in [3.63, 3.8) is 0 Å². The molecular formula is C26H30N2O5S. The highest BCUT2D eigenvalue weighted by atomic mass is 32.2. The van der Waals surface area contributed by atoms with Crippen LogP contribution in [-0.2, 0) is 14.3 Å². The number of fused-ring (bicyclic) bond motifs is 3. The van der Waals surface area contributed by atoms with Crippen LogP contribution in [0.1, 0.15) is 30.4 Å². The van der Waals surface area contributed by atoms with Crippen LogP contribution in [0.3, 0.4) is 0 Å². The number of rotatable bonds is 8. The third kappa shape index (κ3) is 5.38. The van der Waals surface area contributed by atoms with Crippen molar-refractivity contribution in [2.24, 2.45) is 11.8 Å². The number of benzene rings is 2. The fraction of sp³-hybridized carbons (Fsp3) is 0.423. The van der Waals surface area contributed by atoms with Crippen molar-refractivity contribution < 1.29 is 24.2 Å². The number of carbonyl (C=O) groups is 3. The van der Waals surface area contributed by atoms with Gasteiger partial charge in [0.2, 0.25) is 5.91 Å². The lowest BCUT2D eigenvalue weighted by atomic mass is 9.87. The number of hydrogen-bond donors (Lipinski definition) is 2. The highest BCUT2D eigenvalue weighted by molar-refractivity contribution is 7.99. The molecule has 0 radical (unpaired) electrons. The van der Waals surface area contributed by atoms with Gasteiger partial charge in [-0.15, -0.1) is 0 Å².